The van der Waals surface area contributed by atoms with E-state index in [9.17, 15) is 51.5 Å². The molecule has 0 radical (unpaired) electrons. The zero-order chi connectivity index (χ0) is 78.8. The lowest BCUT2D eigenvalue weighted by atomic mass is 9.89. The molecule has 8 heterocycles. The minimum atomic E-state index is -4.11. The number of carbonyl (C=O) groups excluding carboxylic acids is 8. The first-order valence-corrected chi connectivity index (χ1v) is 43.5. The normalized spacial score (nSPS) is 22.3. The third-order valence-electron chi connectivity index (χ3n) is 24.0. The molecule has 6 aromatic carbocycles. The van der Waals surface area contributed by atoms with Crippen LogP contribution in [-0.2, 0) is 38.1 Å². The summed E-state index contributed by atoms with van der Waals surface area (Å²) in [5.41, 5.74) is 4.74. The number of likely N-dealkylation sites (tertiary alicyclic amines) is 4. The quantitative estimate of drug-likeness (QED) is 0.111. The van der Waals surface area contributed by atoms with E-state index in [0.717, 1.165) is 131 Å². The zero-order valence-corrected chi connectivity index (χ0v) is 66.6. The monoisotopic (exact) mass is 1620 g/mol. The van der Waals surface area contributed by atoms with E-state index in [4.69, 9.17) is 23.7 Å². The van der Waals surface area contributed by atoms with Crippen LogP contribution in [0.15, 0.2) is 183 Å². The van der Waals surface area contributed by atoms with Gasteiger partial charge in [0.25, 0.3) is 0 Å². The molecular formula is C90H89F3N4O13S4. The Hall–Kier alpha value is -8.59. The number of allylic oxidation sites excluding steroid dienone is 4. The Morgan fingerprint density at radius 1 is 0.386 bits per heavy atom. The number of nitrogens with zero attached hydrogens (tertiary/aromatic N) is 4. The van der Waals surface area contributed by atoms with Crippen molar-refractivity contribution in [3.8, 4) is 5.75 Å². The summed E-state index contributed by atoms with van der Waals surface area (Å²) in [7, 11) is 0. The Morgan fingerprint density at radius 2 is 0.702 bits per heavy atom. The number of alkyl halides is 3. The number of Topliss-reactive ketones (excluding diaryl/α,β-unsaturated/α-hetero) is 8. The standard InChI is InChI=1S/C25H23NO3S.C24H23NO4S.C21H23NO3S.C20H20F3NO3S/c27-21-19-10-4-5-11-20(19)23-24(22(21)28)30-17-25(29-23)12-15-26(16-13-25)14-6-9-18-7-2-1-3-8-18;26-20-18-8-4-5-9-19(18)22-23(21(20)27)30-16-24(29-22)10-12-25(13-11-24)14-15-28-17-6-2-1-3-7-17;23-17-15-7-3-4-8-16(15)19-20(18(17)24)26-13-21(25-19)9-11-22(12-10-21)14-5-1-2-6-14;21-20(22,23)6-3-9-24-10-7-19(8-11-24)12-28-18-16(26)15(25)13-4-1-2-5-14(13)17(18)27-19/h1-11H,12-17H2;1-9H,10-16H2;3-4,7-8,14H,1-2,5-6,9-13H2;1-2,4-5H,3,6-12H2/b9-6+;;;. The molecule has 5 aliphatic carbocycles. The summed E-state index contributed by atoms with van der Waals surface area (Å²) < 4.78 is 68.8. The fourth-order valence-electron chi connectivity index (χ4n) is 17.3. The highest BCUT2D eigenvalue weighted by atomic mass is 32.2. The lowest BCUT2D eigenvalue weighted by molar-refractivity contribution is -0.136. The van der Waals surface area contributed by atoms with Gasteiger partial charge in [0, 0.05) is 197 Å². The van der Waals surface area contributed by atoms with Crippen LogP contribution in [0, 0.1) is 0 Å². The minimum absolute atomic E-state index is 0.103. The summed E-state index contributed by atoms with van der Waals surface area (Å²) in [6.45, 7) is 10.1. The predicted octanol–water partition coefficient (Wildman–Crippen LogP) is 16.0. The van der Waals surface area contributed by atoms with E-state index in [1.165, 1.54) is 78.3 Å². The van der Waals surface area contributed by atoms with E-state index in [1.807, 2.05) is 95.9 Å². The van der Waals surface area contributed by atoms with Gasteiger partial charge in [0.1, 0.15) is 77.4 Å². The van der Waals surface area contributed by atoms with Gasteiger partial charge in [0.05, 0.1) is 0 Å². The van der Waals surface area contributed by atoms with Gasteiger partial charge in [-0.05, 0) is 43.5 Å². The minimum Gasteiger partial charge on any atom is -0.492 e. The molecule has 0 aromatic heterocycles. The van der Waals surface area contributed by atoms with E-state index in [-0.39, 0.29) is 23.2 Å². The number of carbonyl (C=O) groups is 8. The van der Waals surface area contributed by atoms with Crippen LogP contribution in [0.1, 0.15) is 159 Å². The van der Waals surface area contributed by atoms with E-state index in [0.29, 0.717) is 121 Å². The largest absolute Gasteiger partial charge is 0.492 e. The Kier molecular flexibility index (Phi) is 23.6. The molecule has 8 aliphatic heterocycles. The number of thioether (sulfide) groups is 4. The van der Waals surface area contributed by atoms with Crippen LogP contribution in [0.3, 0.4) is 0 Å². The second-order valence-electron chi connectivity index (χ2n) is 31.4. The summed E-state index contributed by atoms with van der Waals surface area (Å²) in [5.74, 6) is 2.51. The molecule has 4 spiro atoms. The highest BCUT2D eigenvalue weighted by Gasteiger charge is 2.51. The number of piperidine rings is 4. The average Bonchev–Trinajstić information content (AvgIpc) is 0.814. The number of ketones is 8. The van der Waals surface area contributed by atoms with Gasteiger partial charge in [0.2, 0.25) is 46.3 Å². The molecule has 4 saturated heterocycles. The van der Waals surface area contributed by atoms with Crippen LogP contribution in [-0.4, -0.2) is 202 Å². The molecule has 19 rings (SSSR count). The Bertz CT molecular complexity index is 4920. The highest BCUT2D eigenvalue weighted by Crippen LogP contribution is 2.52. The van der Waals surface area contributed by atoms with Gasteiger partial charge in [-0.1, -0.05) is 171 Å². The van der Waals surface area contributed by atoms with E-state index < -0.39 is 64.5 Å². The van der Waals surface area contributed by atoms with Crippen molar-refractivity contribution in [1.82, 2.24) is 19.6 Å². The van der Waals surface area contributed by atoms with Crippen LogP contribution in [0.25, 0.3) is 29.1 Å². The summed E-state index contributed by atoms with van der Waals surface area (Å²) in [5, 5.41) is 0. The van der Waals surface area contributed by atoms with Gasteiger partial charge in [0.15, 0.2) is 0 Å². The molecule has 0 atom stereocenters. The van der Waals surface area contributed by atoms with E-state index in [1.54, 1.807) is 54.6 Å². The number of para-hydroxylation sites is 1. The van der Waals surface area contributed by atoms with Gasteiger partial charge in [-0.25, -0.2) is 0 Å². The van der Waals surface area contributed by atoms with Crippen LogP contribution >= 0.6 is 47.0 Å². The fourth-order valence-corrected chi connectivity index (χ4v) is 22.4. The van der Waals surface area contributed by atoms with Crippen molar-refractivity contribution in [3.63, 3.8) is 0 Å². The molecule has 114 heavy (non-hydrogen) atoms. The van der Waals surface area contributed by atoms with Gasteiger partial charge >= 0.3 is 6.18 Å². The van der Waals surface area contributed by atoms with Crippen molar-refractivity contribution in [1.29, 1.82) is 0 Å². The molecule has 0 unspecified atom stereocenters. The molecule has 5 fully saturated rings. The first-order chi connectivity index (χ1) is 55.3. The lowest BCUT2D eigenvalue weighted by Crippen LogP contribution is -2.51. The van der Waals surface area contributed by atoms with Crippen molar-refractivity contribution in [3.05, 3.63) is 233 Å². The van der Waals surface area contributed by atoms with Crippen LogP contribution in [0.2, 0.25) is 0 Å². The number of benzene rings is 6. The van der Waals surface area contributed by atoms with Crippen LogP contribution in [0.5, 0.6) is 5.75 Å². The molecule has 13 aliphatic rings. The van der Waals surface area contributed by atoms with E-state index in [2.05, 4.69) is 39.0 Å². The molecule has 24 heteroatoms. The molecule has 1 saturated carbocycles. The third-order valence-corrected chi connectivity index (χ3v) is 29.3. The predicted molar refractivity (Wildman–Crippen MR) is 439 cm³/mol. The first-order valence-electron chi connectivity index (χ1n) is 39.6. The lowest BCUT2D eigenvalue weighted by Gasteiger charge is -2.46. The molecule has 17 nitrogen and oxygen atoms in total. The molecule has 0 N–H and O–H groups in total. The smallest absolute Gasteiger partial charge is 0.389 e. The maximum atomic E-state index is 12.6. The van der Waals surface area contributed by atoms with E-state index >= 15 is 0 Å². The topological polar surface area (TPSA) is 196 Å². The van der Waals surface area contributed by atoms with Crippen LogP contribution in [0.4, 0.5) is 13.2 Å². The number of halogens is 3. The third kappa shape index (κ3) is 16.9. The molecule has 592 valence electrons. The van der Waals surface area contributed by atoms with Gasteiger partial charge < -0.3 is 33.5 Å². The van der Waals surface area contributed by atoms with Gasteiger partial charge in [-0.2, -0.15) is 13.2 Å². The van der Waals surface area contributed by atoms with Crippen molar-refractivity contribution < 1.29 is 75.2 Å². The maximum Gasteiger partial charge on any atom is 0.389 e. The SMILES string of the molecule is O=C1C(=O)c2ccccc2C2=C1SCC1(CCN(C/C=C/c3ccccc3)CC1)O2.O=C1C(=O)c2ccccc2C2=C1SCC1(CCN(C3CCCC3)CC1)O2.O=C1C(=O)c2ccccc2C2=C1SCC1(CCN(CCCC(F)(F)F)CC1)O2.O=C1C(=O)c2ccccc2C2=C1SCC1(CCN(CCOc3ccccc3)CC1)O2. The fraction of sp³-hybridized carbons (Fsp3) is 0.400. The molecule has 0 amide bonds. The van der Waals surface area contributed by atoms with Crippen molar-refractivity contribution >= 4 is 122 Å². The van der Waals surface area contributed by atoms with Crippen LogP contribution < -0.4 is 4.74 Å². The Morgan fingerprint density at radius 3 is 1.06 bits per heavy atom. The summed E-state index contributed by atoms with van der Waals surface area (Å²) in [6.07, 6.45) is 12.0. The first kappa shape index (κ1) is 79.3. The van der Waals surface area contributed by atoms with Crippen molar-refractivity contribution in [2.24, 2.45) is 0 Å². The number of hydrogen-bond donors (Lipinski definition) is 0. The summed E-state index contributed by atoms with van der Waals surface area (Å²) >= 11 is 5.88. The number of hydrogen-bond acceptors (Lipinski definition) is 21. The second-order valence-corrected chi connectivity index (χ2v) is 35.3. The molecule has 6 aromatic rings. The van der Waals surface area contributed by atoms with Crippen molar-refractivity contribution in [2.75, 3.05) is 102 Å². The molecular weight excluding hydrogens is 1530 g/mol. The number of rotatable bonds is 11. The zero-order valence-electron chi connectivity index (χ0n) is 63.3. The Labute approximate surface area is 678 Å². The average molecular weight is 1620 g/mol. The van der Waals surface area contributed by atoms with Crippen molar-refractivity contribution in [2.45, 2.75) is 125 Å². The maximum absolute atomic E-state index is 12.6. The molecule has 0 bridgehead atoms. The van der Waals surface area contributed by atoms with Gasteiger partial charge in [-0.3, -0.25) is 48.2 Å². The van der Waals surface area contributed by atoms with Gasteiger partial charge in [-0.15, -0.1) is 47.0 Å². The Balaban J connectivity index is 0.000000115. The second kappa shape index (κ2) is 33.9. The number of fused-ring (bicyclic) bond motifs is 8. The summed E-state index contributed by atoms with van der Waals surface area (Å²) in [4.78, 5) is 111. The highest BCUT2D eigenvalue weighted by molar-refractivity contribution is 8.05. The number of ether oxygens (including phenoxy) is 5. The summed E-state index contributed by atoms with van der Waals surface area (Å²) in [6, 6.07) is 49.8.